The number of nitrogens with one attached hydrogen (secondary N) is 5. The van der Waals surface area contributed by atoms with Crippen molar-refractivity contribution in [2.45, 2.75) is 63.5 Å². The van der Waals surface area contributed by atoms with Crippen LogP contribution in [0.1, 0.15) is 94.3 Å². The molecule has 21 nitrogen and oxygen atoms in total. The number of benzene rings is 4. The van der Waals surface area contributed by atoms with Gasteiger partial charge in [0.15, 0.2) is 11.6 Å². The second-order valence-corrected chi connectivity index (χ2v) is 24.1. The van der Waals surface area contributed by atoms with Crippen molar-refractivity contribution in [1.29, 1.82) is 10.5 Å². The van der Waals surface area contributed by atoms with Gasteiger partial charge in [-0.2, -0.15) is 10.5 Å². The highest BCUT2D eigenvalue weighted by Gasteiger charge is 2.45. The first-order valence-electron chi connectivity index (χ1n) is 25.7. The number of hydrogen-bond acceptors (Lipinski definition) is 16. The van der Waals surface area contributed by atoms with E-state index in [9.17, 15) is 42.6 Å². The summed E-state index contributed by atoms with van der Waals surface area (Å²) in [6, 6.07) is 30.4. The Balaban J connectivity index is 0.000000229. The van der Waals surface area contributed by atoms with Crippen molar-refractivity contribution in [3.63, 3.8) is 0 Å². The third kappa shape index (κ3) is 18.3. The Morgan fingerprint density at radius 1 is 0.659 bits per heavy atom. The summed E-state index contributed by atoms with van der Waals surface area (Å²) in [4.78, 5) is 69.7. The summed E-state index contributed by atoms with van der Waals surface area (Å²) in [5, 5.41) is 40.8. The standard InChI is InChI=1S/C29H29FN5O6P.C19H17FN4O3.C9H14NO2P/c1-3-24(36)20-10-11-22(30)26(21-15-23(21)34-28(37)35-25-12-9-18(16-31)17-33-25)27(20)40-29(38)32-13-14-42(2,39)41-19-7-5-4-6-8-19;1-2-15(25)11-4-5-13(20)17(18(11)26)12-7-14(12)23-19(27)24-16-6-3-10(8-21)9-22-16;1-13(11,8-7-10)12-9-5-3-2-4-6-9/h4-12,17,21,23H,3,13-15H2,1-2H3,(H,32,38)(H2,33,34,35,37);3-6,9,12,14,26H,2,7H2,1H3,(H2,22,23,24,27);2-6H,7-8,10H2,1H3/t21-,23+,42?;12-,14+;/m11./s1. The number of hydrogen-bond donors (Lipinski definition) is 7. The predicted octanol–water partition coefficient (Wildman–Crippen LogP) is 10.4. The average molecular weight is 1160 g/mol. The largest absolute Gasteiger partial charge is 0.507 e. The smallest absolute Gasteiger partial charge is 0.412 e. The summed E-state index contributed by atoms with van der Waals surface area (Å²) >= 11 is 0. The minimum atomic E-state index is -3.11. The van der Waals surface area contributed by atoms with Crippen LogP contribution in [0.15, 0.2) is 122 Å². The summed E-state index contributed by atoms with van der Waals surface area (Å²) in [7, 11) is -5.65. The summed E-state index contributed by atoms with van der Waals surface area (Å²) in [5.41, 5.74) is 6.20. The number of amides is 5. The molecule has 25 heteroatoms. The Hall–Kier alpha value is -9.01. The number of halogens is 2. The van der Waals surface area contributed by atoms with Crippen LogP contribution in [0.4, 0.5) is 34.8 Å². The monoisotopic (exact) mass is 1160 g/mol. The van der Waals surface area contributed by atoms with Crippen LogP contribution >= 0.6 is 14.7 Å². The molecule has 0 radical (unpaired) electrons. The minimum absolute atomic E-state index is 0.000165. The van der Waals surface area contributed by atoms with Gasteiger partial charge in [-0.15, -0.1) is 0 Å². The number of nitriles is 2. The van der Waals surface area contributed by atoms with Gasteiger partial charge < -0.3 is 40.6 Å². The summed E-state index contributed by atoms with van der Waals surface area (Å²) in [6.07, 6.45) is 3.18. The SMILES string of the molecule is CCC(=O)c1ccc(F)c([C@@H]2C[C@@H]2NC(=O)Nc2ccc(C#N)cn2)c1O.CCC(=O)c1ccc(F)c([C@@H]2C[C@@H]2NC(=O)Nc2ccc(C#N)cn2)c1OC(=O)NCCP(C)(=O)Oc1ccccc1.CP(=O)(CCN)Oc1ccccc1. The van der Waals surface area contributed by atoms with Gasteiger partial charge in [0.1, 0.15) is 58.4 Å². The Morgan fingerprint density at radius 2 is 1.11 bits per heavy atom. The molecule has 6 atom stereocenters. The Morgan fingerprint density at radius 3 is 1.56 bits per heavy atom. The number of phenolic OH excluding ortho intramolecular Hbond substituents is 1. The van der Waals surface area contributed by atoms with Crippen LogP contribution in [0.2, 0.25) is 0 Å². The molecule has 0 aliphatic heterocycles. The van der Waals surface area contributed by atoms with Crippen LogP contribution in [0.3, 0.4) is 0 Å². The number of ether oxygens (including phenoxy) is 1. The van der Waals surface area contributed by atoms with Gasteiger partial charge in [0.05, 0.1) is 28.4 Å². The molecule has 2 saturated carbocycles. The number of nitrogens with two attached hydrogens (primary N) is 1. The maximum atomic E-state index is 15.1. The topological polar surface area (TPSA) is 327 Å². The van der Waals surface area contributed by atoms with E-state index < -0.39 is 62.4 Å². The fraction of sp³-hybridized carbons (Fsp3) is 0.281. The normalized spacial score (nSPS) is 16.7. The Kier molecular flexibility index (Phi) is 21.9. The molecule has 2 heterocycles. The molecule has 2 aliphatic carbocycles. The predicted molar refractivity (Wildman–Crippen MR) is 302 cm³/mol. The van der Waals surface area contributed by atoms with Crippen LogP contribution in [-0.2, 0) is 9.13 Å². The molecule has 2 fully saturated rings. The number of aromatic hydroxyl groups is 1. The molecular weight excluding hydrogens is 1100 g/mol. The highest BCUT2D eigenvalue weighted by molar-refractivity contribution is 7.58. The number of pyridine rings is 2. The van der Waals surface area contributed by atoms with Crippen molar-refractivity contribution in [1.82, 2.24) is 25.9 Å². The van der Waals surface area contributed by atoms with Crippen LogP contribution in [0.25, 0.3) is 0 Å². The Labute approximate surface area is 471 Å². The first kappa shape index (κ1) is 62.2. The van der Waals surface area contributed by atoms with Crippen molar-refractivity contribution < 1.29 is 60.8 Å². The van der Waals surface area contributed by atoms with E-state index in [1.165, 1.54) is 55.5 Å². The molecule has 8 rings (SSSR count). The van der Waals surface area contributed by atoms with E-state index in [1.807, 2.05) is 30.3 Å². The van der Waals surface area contributed by atoms with E-state index >= 15 is 4.39 Å². The number of phenols is 1. The van der Waals surface area contributed by atoms with E-state index in [1.54, 1.807) is 63.0 Å². The average Bonchev–Trinajstić information content (AvgIpc) is 3.39. The van der Waals surface area contributed by atoms with Gasteiger partial charge in [-0.1, -0.05) is 50.2 Å². The first-order chi connectivity index (χ1) is 39.2. The van der Waals surface area contributed by atoms with Gasteiger partial charge in [-0.25, -0.2) is 33.1 Å². The molecule has 428 valence electrons. The molecular formula is C57H60F2N10O11P2. The zero-order chi connectivity index (χ0) is 59.6. The molecule has 0 saturated heterocycles. The second kappa shape index (κ2) is 28.9. The van der Waals surface area contributed by atoms with E-state index in [4.69, 9.17) is 30.0 Å². The quantitative estimate of drug-likeness (QED) is 0.0276. The van der Waals surface area contributed by atoms with Gasteiger partial charge in [0.25, 0.3) is 0 Å². The zero-order valence-electron chi connectivity index (χ0n) is 45.1. The maximum absolute atomic E-state index is 15.1. The van der Waals surface area contributed by atoms with Crippen LogP contribution in [0, 0.1) is 34.3 Å². The number of carbonyl (C=O) groups excluding carboxylic acids is 5. The lowest BCUT2D eigenvalue weighted by Crippen LogP contribution is -2.32. The van der Waals surface area contributed by atoms with Gasteiger partial charge in [-0.05, 0) is 85.6 Å². The van der Waals surface area contributed by atoms with Crippen molar-refractivity contribution in [2.24, 2.45) is 5.73 Å². The molecule has 2 aromatic heterocycles. The lowest BCUT2D eigenvalue weighted by atomic mass is 10.00. The minimum Gasteiger partial charge on any atom is -0.507 e. The van der Waals surface area contributed by atoms with E-state index in [0.29, 0.717) is 48.2 Å². The number of aromatic nitrogens is 2. The molecule has 2 aliphatic rings. The van der Waals surface area contributed by atoms with Gasteiger partial charge in [-0.3, -0.25) is 29.4 Å². The second-order valence-electron chi connectivity index (χ2n) is 18.8. The molecule has 2 unspecified atom stereocenters. The molecule has 8 N–H and O–H groups in total. The van der Waals surface area contributed by atoms with Crippen LogP contribution in [0.5, 0.6) is 23.0 Å². The summed E-state index contributed by atoms with van der Waals surface area (Å²) < 4.78 is 70.2. The fourth-order valence-electron chi connectivity index (χ4n) is 8.07. The number of anilines is 2. The molecule has 6 aromatic rings. The van der Waals surface area contributed by atoms with E-state index in [0.717, 1.165) is 12.1 Å². The Bertz CT molecular complexity index is 3440. The fourth-order valence-corrected chi connectivity index (χ4v) is 10.4. The molecule has 4 aromatic carbocycles. The molecule has 82 heavy (non-hydrogen) atoms. The summed E-state index contributed by atoms with van der Waals surface area (Å²) in [6.45, 7) is 6.67. The van der Waals surface area contributed by atoms with Crippen LogP contribution in [-0.4, -0.2) is 95.6 Å². The lowest BCUT2D eigenvalue weighted by molar-refractivity contribution is 0.0976. The first-order valence-corrected chi connectivity index (χ1v) is 30.2. The number of nitrogens with zero attached hydrogens (tertiary/aromatic N) is 4. The van der Waals surface area contributed by atoms with Crippen molar-refractivity contribution in [3.8, 4) is 35.1 Å². The third-order valence-electron chi connectivity index (χ3n) is 12.4. The molecule has 0 bridgehead atoms. The maximum Gasteiger partial charge on any atom is 0.412 e. The van der Waals surface area contributed by atoms with Crippen molar-refractivity contribution >= 4 is 56.1 Å². The van der Waals surface area contributed by atoms with E-state index in [2.05, 4.69) is 36.6 Å². The van der Waals surface area contributed by atoms with Gasteiger partial charge in [0.2, 0.25) is 14.7 Å². The number of rotatable bonds is 20. The van der Waals surface area contributed by atoms with E-state index in [-0.39, 0.29) is 88.5 Å². The number of ketones is 2. The number of carbonyl (C=O) groups is 5. The number of Topliss-reactive ketones (excluding diaryl/α,β-unsaturated/α-hetero) is 2. The van der Waals surface area contributed by atoms with Gasteiger partial charge in [0, 0.05) is 92.9 Å². The highest BCUT2D eigenvalue weighted by atomic mass is 31.2. The lowest BCUT2D eigenvalue weighted by Gasteiger charge is -2.17. The molecule has 0 spiro atoms. The van der Waals surface area contributed by atoms with Crippen molar-refractivity contribution in [3.05, 3.63) is 167 Å². The molecule has 5 amide bonds. The van der Waals surface area contributed by atoms with Crippen molar-refractivity contribution in [2.75, 3.05) is 49.4 Å². The third-order valence-corrected chi connectivity index (χ3v) is 15.7. The number of urea groups is 2. The van der Waals surface area contributed by atoms with Gasteiger partial charge >= 0.3 is 18.2 Å². The number of para-hydroxylation sites is 2. The zero-order valence-corrected chi connectivity index (χ0v) is 46.8. The van der Waals surface area contributed by atoms with Crippen LogP contribution < -0.4 is 46.1 Å². The summed E-state index contributed by atoms with van der Waals surface area (Å²) in [5.74, 6) is -1.91. The highest BCUT2D eigenvalue weighted by Crippen LogP contribution is 2.49.